The van der Waals surface area contributed by atoms with Crippen molar-refractivity contribution in [2.75, 3.05) is 37.8 Å². The zero-order chi connectivity index (χ0) is 18.9. The standard InChI is InChI=1S/C22H33N5/c1-27(2)16-10-15-23-21-17-20(18-11-6-5-7-12-18)25-22(26-21)24-19-13-8-3-4-9-14-19/h5-7,11-12,17,19H,3-4,8-10,13-16H2,1-2H3,(H2,23,24,25,26). The minimum absolute atomic E-state index is 0.486. The van der Waals surface area contributed by atoms with Crippen molar-refractivity contribution in [1.29, 1.82) is 0 Å². The number of hydrogen-bond donors (Lipinski definition) is 2. The summed E-state index contributed by atoms with van der Waals surface area (Å²) in [5.41, 5.74) is 2.09. The Kier molecular flexibility index (Phi) is 7.45. The second kappa shape index (κ2) is 10.3. The summed E-state index contributed by atoms with van der Waals surface area (Å²) in [5.74, 6) is 1.65. The highest BCUT2D eigenvalue weighted by atomic mass is 15.2. The molecular formula is C22H33N5. The zero-order valence-electron chi connectivity index (χ0n) is 16.7. The van der Waals surface area contributed by atoms with Gasteiger partial charge in [-0.2, -0.15) is 4.98 Å². The second-order valence-corrected chi connectivity index (χ2v) is 7.74. The quantitative estimate of drug-likeness (QED) is 0.526. The van der Waals surface area contributed by atoms with Gasteiger partial charge >= 0.3 is 0 Å². The first-order valence-electron chi connectivity index (χ1n) is 10.3. The topological polar surface area (TPSA) is 53.1 Å². The molecule has 0 bridgehead atoms. The second-order valence-electron chi connectivity index (χ2n) is 7.74. The van der Waals surface area contributed by atoms with Crippen LogP contribution in [0.1, 0.15) is 44.9 Å². The molecule has 0 unspecified atom stereocenters. The van der Waals surface area contributed by atoms with Crippen LogP contribution < -0.4 is 10.6 Å². The van der Waals surface area contributed by atoms with Crippen LogP contribution in [-0.4, -0.2) is 48.1 Å². The van der Waals surface area contributed by atoms with Gasteiger partial charge in [0, 0.05) is 24.2 Å². The zero-order valence-corrected chi connectivity index (χ0v) is 16.7. The predicted molar refractivity (Wildman–Crippen MR) is 114 cm³/mol. The summed E-state index contributed by atoms with van der Waals surface area (Å²) in [6.45, 7) is 1.98. The van der Waals surface area contributed by atoms with Gasteiger partial charge < -0.3 is 15.5 Å². The van der Waals surface area contributed by atoms with Gasteiger partial charge in [0.25, 0.3) is 0 Å². The first kappa shape index (κ1) is 19.6. The van der Waals surface area contributed by atoms with Crippen molar-refractivity contribution in [2.24, 2.45) is 0 Å². The molecule has 0 aliphatic heterocycles. The molecule has 146 valence electrons. The van der Waals surface area contributed by atoms with E-state index in [9.17, 15) is 0 Å². The molecule has 0 atom stereocenters. The maximum Gasteiger partial charge on any atom is 0.225 e. The Labute approximate surface area is 163 Å². The maximum atomic E-state index is 4.81. The monoisotopic (exact) mass is 367 g/mol. The van der Waals surface area contributed by atoms with Crippen molar-refractivity contribution < 1.29 is 0 Å². The van der Waals surface area contributed by atoms with E-state index < -0.39 is 0 Å². The third-order valence-corrected chi connectivity index (χ3v) is 5.07. The summed E-state index contributed by atoms with van der Waals surface area (Å²) in [6.07, 6.45) is 8.80. The Bertz CT molecular complexity index is 678. The highest BCUT2D eigenvalue weighted by Gasteiger charge is 2.14. The van der Waals surface area contributed by atoms with Crippen LogP contribution in [0.5, 0.6) is 0 Å². The van der Waals surface area contributed by atoms with Crippen molar-refractivity contribution in [3.63, 3.8) is 0 Å². The molecule has 27 heavy (non-hydrogen) atoms. The molecule has 1 fully saturated rings. The molecule has 0 amide bonds. The number of nitrogens with zero attached hydrogens (tertiary/aromatic N) is 3. The fourth-order valence-corrected chi connectivity index (χ4v) is 3.58. The lowest BCUT2D eigenvalue weighted by Crippen LogP contribution is -2.21. The molecule has 1 aromatic carbocycles. The van der Waals surface area contributed by atoms with Crippen LogP contribution in [0.25, 0.3) is 11.3 Å². The largest absolute Gasteiger partial charge is 0.370 e. The third kappa shape index (κ3) is 6.51. The molecule has 1 aromatic heterocycles. The van der Waals surface area contributed by atoms with Gasteiger partial charge in [0.15, 0.2) is 0 Å². The average Bonchev–Trinajstić information content (AvgIpc) is 2.94. The van der Waals surface area contributed by atoms with Gasteiger partial charge in [0.05, 0.1) is 5.69 Å². The van der Waals surface area contributed by atoms with Crippen molar-refractivity contribution in [2.45, 2.75) is 51.0 Å². The SMILES string of the molecule is CN(C)CCCNc1cc(-c2ccccc2)nc(NC2CCCCCC2)n1. The molecule has 0 spiro atoms. The van der Waals surface area contributed by atoms with Crippen LogP contribution in [0.4, 0.5) is 11.8 Å². The Morgan fingerprint density at radius 3 is 2.44 bits per heavy atom. The van der Waals surface area contributed by atoms with Gasteiger partial charge in [-0.3, -0.25) is 0 Å². The van der Waals surface area contributed by atoms with Gasteiger partial charge in [-0.05, 0) is 39.9 Å². The summed E-state index contributed by atoms with van der Waals surface area (Å²) >= 11 is 0. The van der Waals surface area contributed by atoms with Gasteiger partial charge in [-0.25, -0.2) is 4.98 Å². The summed E-state index contributed by atoms with van der Waals surface area (Å²) in [7, 11) is 4.21. The first-order valence-corrected chi connectivity index (χ1v) is 10.3. The molecule has 5 heteroatoms. The lowest BCUT2D eigenvalue weighted by molar-refractivity contribution is 0.405. The van der Waals surface area contributed by atoms with E-state index in [4.69, 9.17) is 9.97 Å². The Morgan fingerprint density at radius 2 is 1.74 bits per heavy atom. The molecule has 1 saturated carbocycles. The van der Waals surface area contributed by atoms with E-state index in [1.807, 2.05) is 6.07 Å². The molecule has 0 radical (unpaired) electrons. The van der Waals surface area contributed by atoms with E-state index in [2.05, 4.69) is 60.0 Å². The van der Waals surface area contributed by atoms with Crippen molar-refractivity contribution in [3.05, 3.63) is 36.4 Å². The van der Waals surface area contributed by atoms with Crippen LogP contribution in [0.3, 0.4) is 0 Å². The number of hydrogen-bond acceptors (Lipinski definition) is 5. The van der Waals surface area contributed by atoms with E-state index in [0.717, 1.165) is 42.5 Å². The van der Waals surface area contributed by atoms with Crippen molar-refractivity contribution in [3.8, 4) is 11.3 Å². The van der Waals surface area contributed by atoms with E-state index in [1.165, 1.54) is 38.5 Å². The highest BCUT2D eigenvalue weighted by Crippen LogP contribution is 2.24. The van der Waals surface area contributed by atoms with Gasteiger partial charge in [0.1, 0.15) is 5.82 Å². The van der Waals surface area contributed by atoms with Crippen molar-refractivity contribution >= 4 is 11.8 Å². The summed E-state index contributed by atoms with van der Waals surface area (Å²) in [6, 6.07) is 12.9. The average molecular weight is 368 g/mol. The molecular weight excluding hydrogens is 334 g/mol. The van der Waals surface area contributed by atoms with Gasteiger partial charge in [-0.15, -0.1) is 0 Å². The van der Waals surface area contributed by atoms with Crippen molar-refractivity contribution in [1.82, 2.24) is 14.9 Å². The number of anilines is 2. The fourth-order valence-electron chi connectivity index (χ4n) is 3.58. The summed E-state index contributed by atoms with van der Waals surface area (Å²) < 4.78 is 0. The number of benzene rings is 1. The lowest BCUT2D eigenvalue weighted by atomic mass is 10.1. The van der Waals surface area contributed by atoms with Gasteiger partial charge in [0.2, 0.25) is 5.95 Å². The fraction of sp³-hybridized carbons (Fsp3) is 0.545. The number of aromatic nitrogens is 2. The Balaban J connectivity index is 1.75. The molecule has 2 aromatic rings. The number of nitrogens with one attached hydrogen (secondary N) is 2. The Morgan fingerprint density at radius 1 is 1.00 bits per heavy atom. The molecule has 1 aliphatic rings. The number of rotatable bonds is 8. The maximum absolute atomic E-state index is 4.81. The first-order chi connectivity index (χ1) is 13.2. The smallest absolute Gasteiger partial charge is 0.225 e. The highest BCUT2D eigenvalue weighted by molar-refractivity contribution is 5.64. The molecule has 5 nitrogen and oxygen atoms in total. The van der Waals surface area contributed by atoms with Crippen LogP contribution in [0, 0.1) is 0 Å². The lowest BCUT2D eigenvalue weighted by Gasteiger charge is -2.18. The van der Waals surface area contributed by atoms with Crippen LogP contribution in [-0.2, 0) is 0 Å². The summed E-state index contributed by atoms with van der Waals surface area (Å²) in [5, 5.41) is 7.09. The van der Waals surface area contributed by atoms with Crippen LogP contribution in [0.15, 0.2) is 36.4 Å². The minimum Gasteiger partial charge on any atom is -0.370 e. The summed E-state index contributed by atoms with van der Waals surface area (Å²) in [4.78, 5) is 11.8. The van der Waals surface area contributed by atoms with E-state index >= 15 is 0 Å². The molecule has 1 heterocycles. The van der Waals surface area contributed by atoms with E-state index in [-0.39, 0.29) is 0 Å². The molecule has 2 N–H and O–H groups in total. The van der Waals surface area contributed by atoms with Crippen LogP contribution >= 0.6 is 0 Å². The molecule has 1 aliphatic carbocycles. The van der Waals surface area contributed by atoms with E-state index in [1.54, 1.807) is 0 Å². The minimum atomic E-state index is 0.486. The third-order valence-electron chi connectivity index (χ3n) is 5.07. The predicted octanol–water partition coefficient (Wildman–Crippen LogP) is 4.64. The van der Waals surface area contributed by atoms with Crippen LogP contribution in [0.2, 0.25) is 0 Å². The molecule has 0 saturated heterocycles. The van der Waals surface area contributed by atoms with E-state index in [0.29, 0.717) is 6.04 Å². The van der Waals surface area contributed by atoms with Gasteiger partial charge in [-0.1, -0.05) is 56.0 Å². The Hall–Kier alpha value is -2.14. The normalized spacial score (nSPS) is 15.5. The molecule has 3 rings (SSSR count).